The smallest absolute Gasteiger partial charge is 0.135 e. The van der Waals surface area contributed by atoms with E-state index >= 15 is 0 Å². The largest absolute Gasteiger partial charge is 0.456 e. The number of hydrogen-bond acceptors (Lipinski definition) is 1. The molecular weight excluding hydrogens is 653 g/mol. The minimum absolute atomic E-state index is 0.364. The fourth-order valence-corrected chi connectivity index (χ4v) is 10.6. The molecule has 0 saturated carbocycles. The van der Waals surface area contributed by atoms with Crippen LogP contribution in [0.3, 0.4) is 0 Å². The third-order valence-corrected chi connectivity index (χ3v) is 12.7. The van der Waals surface area contributed by atoms with Crippen molar-refractivity contribution < 1.29 is 4.42 Å². The Labute approximate surface area is 312 Å². The monoisotopic (exact) mass is 682 g/mol. The Morgan fingerprint density at radius 1 is 0.296 bits per heavy atom. The summed E-state index contributed by atoms with van der Waals surface area (Å²) in [6, 6.07) is 67.6. The molecule has 0 radical (unpaired) electrons. The molecule has 0 aliphatic heterocycles. The van der Waals surface area contributed by atoms with E-state index in [9.17, 15) is 0 Å². The van der Waals surface area contributed by atoms with Crippen LogP contribution in [-0.2, 0) is 5.41 Å². The van der Waals surface area contributed by atoms with Crippen molar-refractivity contribution in [1.29, 1.82) is 0 Å². The topological polar surface area (TPSA) is 13.1 Å². The second-order valence-electron chi connectivity index (χ2n) is 15.1. The first-order chi connectivity index (χ1) is 26.8. The number of hydrogen-bond donors (Lipinski definition) is 0. The van der Waals surface area contributed by atoms with Crippen LogP contribution in [0, 0.1) is 0 Å². The molecule has 54 heavy (non-hydrogen) atoms. The van der Waals surface area contributed by atoms with Gasteiger partial charge in [0.1, 0.15) is 11.2 Å². The Morgan fingerprint density at radius 2 is 0.759 bits per heavy atom. The van der Waals surface area contributed by atoms with E-state index in [1.807, 2.05) is 0 Å². The maximum atomic E-state index is 6.52. The summed E-state index contributed by atoms with van der Waals surface area (Å²) in [5, 5.41) is 4.91. The van der Waals surface area contributed by atoms with Crippen LogP contribution in [-0.4, -0.2) is 0 Å². The first kappa shape index (κ1) is 28.6. The van der Waals surface area contributed by atoms with Crippen LogP contribution in [0.25, 0.3) is 99.5 Å². The third-order valence-electron chi connectivity index (χ3n) is 12.7. The summed E-state index contributed by atoms with van der Waals surface area (Å²) >= 11 is 0. The first-order valence-electron chi connectivity index (χ1n) is 18.8. The second kappa shape index (κ2) is 10.1. The summed E-state index contributed by atoms with van der Waals surface area (Å²) in [6.45, 7) is 0. The predicted octanol–water partition coefficient (Wildman–Crippen LogP) is 14.1. The van der Waals surface area contributed by atoms with E-state index in [2.05, 4.69) is 182 Å². The SMILES string of the molecule is c1ccc2c(c1)-c1cccc3c(-c4ccc5oc6ccc(-c7cccc8c7-c7ccccc7C87c8ccccc8-c8ccccc87)cc6c5c4)ccc-2c13. The van der Waals surface area contributed by atoms with E-state index in [0.717, 1.165) is 21.9 Å². The molecule has 0 saturated heterocycles. The highest BCUT2D eigenvalue weighted by Crippen LogP contribution is 2.64. The van der Waals surface area contributed by atoms with Crippen molar-refractivity contribution in [3.05, 3.63) is 204 Å². The Kier molecular flexibility index (Phi) is 5.36. The Balaban J connectivity index is 1.02. The zero-order valence-electron chi connectivity index (χ0n) is 29.2. The van der Waals surface area contributed by atoms with Crippen LogP contribution in [0.5, 0.6) is 0 Å². The summed E-state index contributed by atoms with van der Waals surface area (Å²) in [4.78, 5) is 0. The van der Waals surface area contributed by atoms with Gasteiger partial charge < -0.3 is 4.42 Å². The minimum Gasteiger partial charge on any atom is -0.456 e. The lowest BCUT2D eigenvalue weighted by atomic mass is 9.70. The Bertz CT molecular complexity index is 3210. The summed E-state index contributed by atoms with van der Waals surface area (Å²) in [6.07, 6.45) is 0. The predicted molar refractivity (Wildman–Crippen MR) is 223 cm³/mol. The van der Waals surface area contributed by atoms with Gasteiger partial charge in [-0.05, 0) is 124 Å². The summed E-state index contributed by atoms with van der Waals surface area (Å²) in [5.74, 6) is 0. The molecule has 3 aliphatic carbocycles. The van der Waals surface area contributed by atoms with Crippen molar-refractivity contribution in [2.75, 3.05) is 0 Å². The maximum absolute atomic E-state index is 6.52. The fraction of sp³-hybridized carbons (Fsp3) is 0.0189. The number of benzene rings is 9. The summed E-state index contributed by atoms with van der Waals surface area (Å²) in [5.41, 5.74) is 22.4. The highest BCUT2D eigenvalue weighted by atomic mass is 16.3. The van der Waals surface area contributed by atoms with Gasteiger partial charge in [-0.2, -0.15) is 0 Å². The lowest BCUT2D eigenvalue weighted by Gasteiger charge is -2.30. The Hall–Kier alpha value is -6.96. The van der Waals surface area contributed by atoms with Gasteiger partial charge in [-0.1, -0.05) is 158 Å². The fourth-order valence-electron chi connectivity index (χ4n) is 10.6. The van der Waals surface area contributed by atoms with E-state index in [1.165, 1.54) is 99.8 Å². The number of furan rings is 1. The van der Waals surface area contributed by atoms with Crippen LogP contribution in [0.15, 0.2) is 186 Å². The second-order valence-corrected chi connectivity index (χ2v) is 15.1. The quantitative estimate of drug-likeness (QED) is 0.177. The number of rotatable bonds is 2. The lowest BCUT2D eigenvalue weighted by molar-refractivity contribution is 0.669. The maximum Gasteiger partial charge on any atom is 0.135 e. The normalized spacial score (nSPS) is 13.7. The number of fused-ring (bicyclic) bond motifs is 16. The van der Waals surface area contributed by atoms with Crippen LogP contribution in [0.4, 0.5) is 0 Å². The van der Waals surface area contributed by atoms with Gasteiger partial charge in [-0.3, -0.25) is 0 Å². The molecule has 0 fully saturated rings. The highest BCUT2D eigenvalue weighted by molar-refractivity contribution is 6.19. The van der Waals surface area contributed by atoms with Crippen LogP contribution >= 0.6 is 0 Å². The highest BCUT2D eigenvalue weighted by Gasteiger charge is 2.51. The van der Waals surface area contributed by atoms with E-state index in [0.29, 0.717) is 0 Å². The van der Waals surface area contributed by atoms with E-state index in [1.54, 1.807) is 0 Å². The lowest BCUT2D eigenvalue weighted by Crippen LogP contribution is -2.25. The molecule has 1 spiro atoms. The summed E-state index contributed by atoms with van der Waals surface area (Å²) in [7, 11) is 0. The van der Waals surface area contributed by atoms with Crippen molar-refractivity contribution in [1.82, 2.24) is 0 Å². The van der Waals surface area contributed by atoms with Crippen LogP contribution in [0.2, 0.25) is 0 Å². The molecular formula is C53H30O. The third kappa shape index (κ3) is 3.41. The zero-order chi connectivity index (χ0) is 35.1. The van der Waals surface area contributed by atoms with Gasteiger partial charge in [-0.25, -0.2) is 0 Å². The molecule has 0 amide bonds. The summed E-state index contributed by atoms with van der Waals surface area (Å²) < 4.78 is 6.52. The Morgan fingerprint density at radius 3 is 1.43 bits per heavy atom. The van der Waals surface area contributed by atoms with Gasteiger partial charge in [0.25, 0.3) is 0 Å². The molecule has 0 bridgehead atoms. The standard InChI is InChI=1S/C53H30O/c1-2-12-36-35(11-1)40-18-9-17-39-33(25-26-41(36)51(39)40)31-23-27-49-43(29-31)44-30-32(24-28-50(44)54-49)34-16-10-22-48-52(34)42-15-5-8-21-47(42)53(48)45-19-6-3-13-37(45)38-14-4-7-20-46(38)53/h1-30H. The van der Waals surface area contributed by atoms with Crippen LogP contribution < -0.4 is 0 Å². The first-order valence-corrected chi connectivity index (χ1v) is 18.8. The van der Waals surface area contributed by atoms with Crippen LogP contribution in [0.1, 0.15) is 22.3 Å². The minimum atomic E-state index is -0.364. The molecule has 1 aromatic heterocycles. The van der Waals surface area contributed by atoms with Gasteiger partial charge in [-0.15, -0.1) is 0 Å². The van der Waals surface area contributed by atoms with Gasteiger partial charge in [0.15, 0.2) is 0 Å². The van der Waals surface area contributed by atoms with Crippen molar-refractivity contribution in [2.45, 2.75) is 5.41 Å². The van der Waals surface area contributed by atoms with Crippen molar-refractivity contribution in [3.63, 3.8) is 0 Å². The average molecular weight is 683 g/mol. The molecule has 1 heterocycles. The molecule has 1 nitrogen and oxygen atoms in total. The van der Waals surface area contributed by atoms with Crippen molar-refractivity contribution in [2.24, 2.45) is 0 Å². The molecule has 0 N–H and O–H groups in total. The van der Waals surface area contributed by atoms with Crippen molar-refractivity contribution >= 4 is 32.7 Å². The van der Waals surface area contributed by atoms with E-state index in [-0.39, 0.29) is 5.41 Å². The van der Waals surface area contributed by atoms with Gasteiger partial charge in [0.05, 0.1) is 5.41 Å². The van der Waals surface area contributed by atoms with Gasteiger partial charge >= 0.3 is 0 Å². The molecule has 3 aliphatic rings. The molecule has 248 valence electrons. The van der Waals surface area contributed by atoms with Crippen molar-refractivity contribution in [3.8, 4) is 66.8 Å². The average Bonchev–Trinajstić information content (AvgIpc) is 3.95. The van der Waals surface area contributed by atoms with Gasteiger partial charge in [0.2, 0.25) is 0 Å². The molecule has 0 atom stereocenters. The molecule has 13 rings (SSSR count). The molecule has 0 unspecified atom stereocenters. The van der Waals surface area contributed by atoms with E-state index < -0.39 is 0 Å². The zero-order valence-corrected chi connectivity index (χ0v) is 29.2. The van der Waals surface area contributed by atoms with Gasteiger partial charge in [0, 0.05) is 10.8 Å². The van der Waals surface area contributed by atoms with E-state index in [4.69, 9.17) is 4.42 Å². The molecule has 9 aromatic carbocycles. The molecule has 1 heteroatoms. The molecule has 10 aromatic rings.